The van der Waals surface area contributed by atoms with Crippen LogP contribution in [-0.2, 0) is 0 Å². The van der Waals surface area contributed by atoms with Gasteiger partial charge in [0.15, 0.2) is 0 Å². The molecular weight excluding hydrogens is 150 g/mol. The number of nitrogens with zero attached hydrogens (tertiary/aromatic N) is 1. The van der Waals surface area contributed by atoms with Crippen molar-refractivity contribution in [1.29, 1.82) is 0 Å². The molecule has 3 radical (unpaired) electrons. The number of hydrogen-bond acceptors (Lipinski definition) is 1. The van der Waals surface area contributed by atoms with E-state index in [0.29, 0.717) is 0 Å². The minimum atomic E-state index is 1.02. The molecule has 1 aromatic heterocycles. The van der Waals surface area contributed by atoms with E-state index in [4.69, 9.17) is 0 Å². The lowest BCUT2D eigenvalue weighted by molar-refractivity contribution is 1.44. The molecule has 0 aliphatic heterocycles. The SMILES string of the molecule is [Si]c1cnc2ccccc2c1. The molecule has 11 heavy (non-hydrogen) atoms. The highest BCUT2D eigenvalue weighted by Gasteiger charge is 1.91. The largest absolute Gasteiger partial charge is 0.256 e. The van der Waals surface area contributed by atoms with Crippen molar-refractivity contribution in [3.8, 4) is 0 Å². The van der Waals surface area contributed by atoms with Gasteiger partial charge in [-0.25, -0.2) is 0 Å². The highest BCUT2D eigenvalue weighted by Crippen LogP contribution is 2.06. The Morgan fingerprint density at radius 2 is 2.00 bits per heavy atom. The van der Waals surface area contributed by atoms with E-state index in [-0.39, 0.29) is 0 Å². The summed E-state index contributed by atoms with van der Waals surface area (Å²) in [4.78, 5) is 4.23. The summed E-state index contributed by atoms with van der Waals surface area (Å²) in [7, 11) is 3.42. The summed E-state index contributed by atoms with van der Waals surface area (Å²) in [6, 6.07) is 10.1. The molecule has 1 aromatic carbocycles. The van der Waals surface area contributed by atoms with E-state index in [1.165, 1.54) is 5.39 Å². The maximum atomic E-state index is 4.23. The van der Waals surface area contributed by atoms with Gasteiger partial charge in [-0.1, -0.05) is 24.3 Å². The molecule has 1 nitrogen and oxygen atoms in total. The quantitative estimate of drug-likeness (QED) is 0.519. The monoisotopic (exact) mass is 156 g/mol. The van der Waals surface area contributed by atoms with Crippen LogP contribution in [0.3, 0.4) is 0 Å². The van der Waals surface area contributed by atoms with Gasteiger partial charge in [0.05, 0.1) is 15.8 Å². The van der Waals surface area contributed by atoms with Crippen molar-refractivity contribution in [3.63, 3.8) is 0 Å². The number of para-hydroxylation sites is 1. The van der Waals surface area contributed by atoms with Gasteiger partial charge in [-0.05, 0) is 11.3 Å². The Morgan fingerprint density at radius 3 is 2.91 bits per heavy atom. The predicted octanol–water partition coefficient (Wildman–Crippen LogP) is 1.03. The highest BCUT2D eigenvalue weighted by molar-refractivity contribution is 6.32. The third kappa shape index (κ3) is 1.17. The minimum absolute atomic E-state index is 1.02. The van der Waals surface area contributed by atoms with Crippen LogP contribution in [0.1, 0.15) is 0 Å². The summed E-state index contributed by atoms with van der Waals surface area (Å²) in [5.74, 6) is 0. The predicted molar refractivity (Wildman–Crippen MR) is 47.1 cm³/mol. The average molecular weight is 156 g/mol. The van der Waals surface area contributed by atoms with Gasteiger partial charge < -0.3 is 0 Å². The molecule has 1 heterocycles. The van der Waals surface area contributed by atoms with E-state index < -0.39 is 0 Å². The van der Waals surface area contributed by atoms with Crippen molar-refractivity contribution in [2.45, 2.75) is 0 Å². The minimum Gasteiger partial charge on any atom is -0.256 e. The summed E-state index contributed by atoms with van der Waals surface area (Å²) in [6.45, 7) is 0. The zero-order valence-electron chi connectivity index (χ0n) is 5.91. The van der Waals surface area contributed by atoms with Gasteiger partial charge in [-0.15, -0.1) is 0 Å². The first-order chi connectivity index (χ1) is 5.36. The fraction of sp³-hybridized carbons (Fsp3) is 0. The molecule has 0 unspecified atom stereocenters. The van der Waals surface area contributed by atoms with Gasteiger partial charge >= 0.3 is 0 Å². The molecule has 0 aliphatic rings. The van der Waals surface area contributed by atoms with Crippen molar-refractivity contribution >= 4 is 26.3 Å². The summed E-state index contributed by atoms with van der Waals surface area (Å²) in [5.41, 5.74) is 1.04. The Morgan fingerprint density at radius 1 is 1.18 bits per heavy atom. The van der Waals surface area contributed by atoms with Gasteiger partial charge in [0, 0.05) is 11.6 Å². The van der Waals surface area contributed by atoms with Gasteiger partial charge in [0.2, 0.25) is 0 Å². The van der Waals surface area contributed by atoms with Crippen molar-refractivity contribution in [2.24, 2.45) is 0 Å². The van der Waals surface area contributed by atoms with E-state index in [1.54, 1.807) is 6.20 Å². The van der Waals surface area contributed by atoms with Crippen LogP contribution in [0.25, 0.3) is 10.9 Å². The lowest BCUT2D eigenvalue weighted by atomic mass is 10.2. The van der Waals surface area contributed by atoms with E-state index in [9.17, 15) is 0 Å². The molecule has 2 aromatic rings. The van der Waals surface area contributed by atoms with Crippen LogP contribution in [0.2, 0.25) is 0 Å². The smallest absolute Gasteiger partial charge is 0.0733 e. The highest BCUT2D eigenvalue weighted by atomic mass is 28.1. The van der Waals surface area contributed by atoms with Crippen LogP contribution in [0.15, 0.2) is 36.5 Å². The van der Waals surface area contributed by atoms with Crippen LogP contribution in [0.4, 0.5) is 0 Å². The number of rotatable bonds is 0. The Kier molecular flexibility index (Phi) is 1.47. The molecule has 51 valence electrons. The first-order valence-electron chi connectivity index (χ1n) is 3.43. The Balaban J connectivity index is 2.83. The standard InChI is InChI=1S/C9H6NSi/c11-8-5-7-3-1-2-4-9(7)10-6-8/h1-6H. The molecule has 0 saturated carbocycles. The van der Waals surface area contributed by atoms with E-state index in [1.807, 2.05) is 24.3 Å². The van der Waals surface area contributed by atoms with Crippen molar-refractivity contribution < 1.29 is 0 Å². The molecule has 2 heteroatoms. The van der Waals surface area contributed by atoms with Crippen LogP contribution in [0.5, 0.6) is 0 Å². The first kappa shape index (κ1) is 6.55. The van der Waals surface area contributed by atoms with Gasteiger partial charge in [0.1, 0.15) is 0 Å². The molecular formula is C9H6NSi. The second-order valence-electron chi connectivity index (χ2n) is 2.42. The first-order valence-corrected chi connectivity index (χ1v) is 3.93. The van der Waals surface area contributed by atoms with Crippen molar-refractivity contribution in [3.05, 3.63) is 36.5 Å². The third-order valence-corrected chi connectivity index (χ3v) is 1.86. The van der Waals surface area contributed by atoms with Crippen LogP contribution in [0, 0.1) is 0 Å². The van der Waals surface area contributed by atoms with Crippen LogP contribution >= 0.6 is 0 Å². The fourth-order valence-corrected chi connectivity index (χ4v) is 1.29. The van der Waals surface area contributed by atoms with Crippen LogP contribution < -0.4 is 5.19 Å². The number of benzene rings is 1. The second kappa shape index (κ2) is 2.47. The second-order valence-corrected chi connectivity index (χ2v) is 2.99. The van der Waals surface area contributed by atoms with Crippen molar-refractivity contribution in [1.82, 2.24) is 4.98 Å². The summed E-state index contributed by atoms with van der Waals surface area (Å²) >= 11 is 0. The lowest BCUT2D eigenvalue weighted by Crippen LogP contribution is -2.01. The third-order valence-electron chi connectivity index (χ3n) is 1.59. The van der Waals surface area contributed by atoms with Crippen molar-refractivity contribution in [2.75, 3.05) is 0 Å². The van der Waals surface area contributed by atoms with E-state index >= 15 is 0 Å². The molecule has 2 rings (SSSR count). The average Bonchev–Trinajstić information content (AvgIpc) is 2.04. The molecule has 0 N–H and O–H groups in total. The van der Waals surface area contributed by atoms with Crippen LogP contribution in [-0.4, -0.2) is 15.2 Å². The normalized spacial score (nSPS) is 10.3. The Bertz CT molecular complexity index is 384. The summed E-state index contributed by atoms with van der Waals surface area (Å²) in [6.07, 6.45) is 1.80. The fourth-order valence-electron chi connectivity index (χ4n) is 1.07. The molecule has 0 spiro atoms. The van der Waals surface area contributed by atoms with Gasteiger partial charge in [0.25, 0.3) is 0 Å². The zero-order chi connectivity index (χ0) is 7.68. The maximum absolute atomic E-state index is 4.23. The van der Waals surface area contributed by atoms with Gasteiger partial charge in [-0.2, -0.15) is 0 Å². The number of hydrogen-bond donors (Lipinski definition) is 0. The molecule has 0 bridgehead atoms. The molecule has 0 atom stereocenters. The topological polar surface area (TPSA) is 12.9 Å². The van der Waals surface area contributed by atoms with E-state index in [0.717, 1.165) is 10.7 Å². The molecule has 0 saturated heterocycles. The summed E-state index contributed by atoms with van der Waals surface area (Å²) < 4.78 is 0. The molecule has 0 amide bonds. The molecule has 0 aliphatic carbocycles. The van der Waals surface area contributed by atoms with Gasteiger partial charge in [-0.3, -0.25) is 4.98 Å². The summed E-state index contributed by atoms with van der Waals surface area (Å²) in [5, 5.41) is 2.18. The Hall–Kier alpha value is -1.15. The number of fused-ring (bicyclic) bond motifs is 1. The lowest BCUT2D eigenvalue weighted by Gasteiger charge is -1.95. The number of pyridine rings is 1. The molecule has 0 fully saturated rings. The maximum Gasteiger partial charge on any atom is 0.0733 e. The van der Waals surface area contributed by atoms with E-state index in [2.05, 4.69) is 21.3 Å². The number of aromatic nitrogens is 1. The Labute approximate surface area is 68.5 Å². The zero-order valence-corrected chi connectivity index (χ0v) is 6.91.